The molecule has 0 saturated carbocycles. The second kappa shape index (κ2) is 6.87. The lowest BCUT2D eigenvalue weighted by molar-refractivity contribution is 0.735. The van der Waals surface area contributed by atoms with E-state index in [9.17, 15) is 0 Å². The van der Waals surface area contributed by atoms with Crippen LogP contribution in [0.5, 0.6) is 0 Å². The van der Waals surface area contributed by atoms with Gasteiger partial charge in [0.2, 0.25) is 0 Å². The Morgan fingerprint density at radius 3 is 2.54 bits per heavy atom. The highest BCUT2D eigenvalue weighted by molar-refractivity contribution is 5.85. The second-order valence-electron chi connectivity index (χ2n) is 7.47. The highest BCUT2D eigenvalue weighted by atomic mass is 14.7. The maximum absolute atomic E-state index is 4.86. The number of para-hydroxylation sites is 1. The Bertz CT molecular complexity index is 1070. The Morgan fingerprint density at radius 1 is 0.846 bits per heavy atom. The predicted molar refractivity (Wildman–Crippen MR) is 110 cm³/mol. The molecule has 0 aliphatic carbocycles. The van der Waals surface area contributed by atoms with Crippen LogP contribution in [0.3, 0.4) is 0 Å². The summed E-state index contributed by atoms with van der Waals surface area (Å²) in [5.74, 6) is 0.857. The molecule has 2 aromatic heterocycles. The summed E-state index contributed by atoms with van der Waals surface area (Å²) in [5, 5.41) is 3.74. The summed E-state index contributed by atoms with van der Waals surface area (Å²) in [6.45, 7) is 6.69. The SMILES string of the molecule is CC(C)c1cncc2cc(CC(C)c3ccc4ccccc4n3)ccc12. The third-order valence-corrected chi connectivity index (χ3v) is 5.14. The average Bonchev–Trinajstić information content (AvgIpc) is 2.66. The van der Waals surface area contributed by atoms with Crippen LogP contribution >= 0.6 is 0 Å². The molecule has 0 radical (unpaired) electrons. The fraction of sp³-hybridized carbons (Fsp3) is 0.250. The van der Waals surface area contributed by atoms with Crippen LogP contribution in [0.1, 0.15) is 49.4 Å². The molecule has 1 unspecified atom stereocenters. The van der Waals surface area contributed by atoms with Crippen LogP contribution in [-0.4, -0.2) is 9.97 Å². The van der Waals surface area contributed by atoms with Gasteiger partial charge in [-0.15, -0.1) is 0 Å². The number of benzene rings is 2. The van der Waals surface area contributed by atoms with Gasteiger partial charge in [0.15, 0.2) is 0 Å². The van der Waals surface area contributed by atoms with Gasteiger partial charge in [-0.2, -0.15) is 0 Å². The number of hydrogen-bond acceptors (Lipinski definition) is 2. The predicted octanol–water partition coefficient (Wildman–Crippen LogP) is 6.25. The molecule has 4 rings (SSSR count). The Hall–Kier alpha value is -2.74. The van der Waals surface area contributed by atoms with E-state index in [2.05, 4.69) is 74.3 Å². The van der Waals surface area contributed by atoms with Gasteiger partial charge >= 0.3 is 0 Å². The van der Waals surface area contributed by atoms with Gasteiger partial charge in [0.1, 0.15) is 0 Å². The number of pyridine rings is 2. The molecule has 2 nitrogen and oxygen atoms in total. The van der Waals surface area contributed by atoms with Crippen molar-refractivity contribution in [3.05, 3.63) is 83.8 Å². The first-order chi connectivity index (χ1) is 12.6. The summed E-state index contributed by atoms with van der Waals surface area (Å²) in [4.78, 5) is 9.29. The number of aromatic nitrogens is 2. The van der Waals surface area contributed by atoms with Crippen LogP contribution in [0.2, 0.25) is 0 Å². The molecule has 0 spiro atoms. The maximum Gasteiger partial charge on any atom is 0.0705 e. The summed E-state index contributed by atoms with van der Waals surface area (Å²) >= 11 is 0. The van der Waals surface area contributed by atoms with Crippen molar-refractivity contribution in [1.82, 2.24) is 9.97 Å². The quantitative estimate of drug-likeness (QED) is 0.438. The molecular weight excluding hydrogens is 316 g/mol. The van der Waals surface area contributed by atoms with E-state index in [0.717, 1.165) is 17.6 Å². The van der Waals surface area contributed by atoms with E-state index in [0.29, 0.717) is 11.8 Å². The summed E-state index contributed by atoms with van der Waals surface area (Å²) in [7, 11) is 0. The van der Waals surface area contributed by atoms with Crippen LogP contribution < -0.4 is 0 Å². The summed E-state index contributed by atoms with van der Waals surface area (Å²) in [6, 6.07) is 19.4. The van der Waals surface area contributed by atoms with E-state index in [1.807, 2.05) is 18.5 Å². The van der Waals surface area contributed by atoms with Crippen LogP contribution in [0.25, 0.3) is 21.7 Å². The largest absolute Gasteiger partial charge is 0.264 e. The lowest BCUT2D eigenvalue weighted by Gasteiger charge is -2.14. The highest BCUT2D eigenvalue weighted by Gasteiger charge is 2.11. The molecule has 0 aliphatic heterocycles. The molecular formula is C24H24N2. The van der Waals surface area contributed by atoms with Gasteiger partial charge in [0, 0.05) is 34.8 Å². The van der Waals surface area contributed by atoms with Crippen molar-refractivity contribution < 1.29 is 0 Å². The fourth-order valence-electron chi connectivity index (χ4n) is 3.65. The van der Waals surface area contributed by atoms with Crippen molar-refractivity contribution in [3.63, 3.8) is 0 Å². The fourth-order valence-corrected chi connectivity index (χ4v) is 3.65. The van der Waals surface area contributed by atoms with Crippen molar-refractivity contribution in [2.45, 2.75) is 39.0 Å². The van der Waals surface area contributed by atoms with Gasteiger partial charge in [0.25, 0.3) is 0 Å². The monoisotopic (exact) mass is 340 g/mol. The Morgan fingerprint density at radius 2 is 1.69 bits per heavy atom. The first-order valence-corrected chi connectivity index (χ1v) is 9.34. The first-order valence-electron chi connectivity index (χ1n) is 9.34. The number of nitrogens with zero attached hydrogens (tertiary/aromatic N) is 2. The number of rotatable bonds is 4. The van der Waals surface area contributed by atoms with Crippen molar-refractivity contribution in [1.29, 1.82) is 0 Å². The number of hydrogen-bond donors (Lipinski definition) is 0. The normalized spacial score (nSPS) is 12.8. The standard InChI is InChI=1S/C24H24N2/c1-16(2)22-15-25-14-20-13-18(8-10-21(20)22)12-17(3)23-11-9-19-6-4-5-7-24(19)26-23/h4-11,13-17H,12H2,1-3H3. The van der Waals surface area contributed by atoms with E-state index < -0.39 is 0 Å². The highest BCUT2D eigenvalue weighted by Crippen LogP contribution is 2.27. The molecule has 4 aromatic rings. The van der Waals surface area contributed by atoms with E-state index >= 15 is 0 Å². The van der Waals surface area contributed by atoms with E-state index in [1.165, 1.54) is 27.3 Å². The molecule has 0 fully saturated rings. The molecule has 0 bridgehead atoms. The lowest BCUT2D eigenvalue weighted by Crippen LogP contribution is -2.01. The molecule has 0 amide bonds. The molecule has 130 valence electrons. The molecule has 0 N–H and O–H groups in total. The van der Waals surface area contributed by atoms with Gasteiger partial charge in [-0.05, 0) is 47.1 Å². The van der Waals surface area contributed by atoms with Crippen molar-refractivity contribution >= 4 is 21.7 Å². The first kappa shape index (κ1) is 16.7. The average molecular weight is 340 g/mol. The van der Waals surface area contributed by atoms with Crippen LogP contribution in [-0.2, 0) is 6.42 Å². The summed E-state index contributed by atoms with van der Waals surface area (Å²) < 4.78 is 0. The minimum atomic E-state index is 0.373. The second-order valence-corrected chi connectivity index (χ2v) is 7.47. The van der Waals surface area contributed by atoms with E-state index in [4.69, 9.17) is 4.98 Å². The smallest absolute Gasteiger partial charge is 0.0705 e. The van der Waals surface area contributed by atoms with E-state index in [1.54, 1.807) is 0 Å². The van der Waals surface area contributed by atoms with E-state index in [-0.39, 0.29) is 0 Å². The molecule has 2 heteroatoms. The van der Waals surface area contributed by atoms with Crippen molar-refractivity contribution in [3.8, 4) is 0 Å². The van der Waals surface area contributed by atoms with Gasteiger partial charge in [-0.1, -0.05) is 57.2 Å². The third-order valence-electron chi connectivity index (χ3n) is 5.14. The van der Waals surface area contributed by atoms with Gasteiger partial charge in [0.05, 0.1) is 5.52 Å². The Kier molecular flexibility index (Phi) is 4.42. The molecule has 26 heavy (non-hydrogen) atoms. The lowest BCUT2D eigenvalue weighted by atomic mass is 9.93. The molecule has 2 aromatic carbocycles. The van der Waals surface area contributed by atoms with Gasteiger partial charge in [-0.25, -0.2) is 0 Å². The maximum atomic E-state index is 4.86. The molecule has 0 aliphatic rings. The minimum absolute atomic E-state index is 0.373. The van der Waals surface area contributed by atoms with Crippen LogP contribution in [0.15, 0.2) is 67.0 Å². The van der Waals surface area contributed by atoms with Crippen molar-refractivity contribution in [2.24, 2.45) is 0 Å². The zero-order chi connectivity index (χ0) is 18.1. The Balaban J connectivity index is 1.63. The molecule has 1 atom stereocenters. The minimum Gasteiger partial charge on any atom is -0.264 e. The number of fused-ring (bicyclic) bond motifs is 2. The van der Waals surface area contributed by atoms with Crippen molar-refractivity contribution in [2.75, 3.05) is 0 Å². The van der Waals surface area contributed by atoms with Gasteiger partial charge in [-0.3, -0.25) is 9.97 Å². The zero-order valence-electron chi connectivity index (χ0n) is 15.6. The summed E-state index contributed by atoms with van der Waals surface area (Å²) in [5.41, 5.74) is 4.87. The molecule has 2 heterocycles. The molecule has 0 saturated heterocycles. The van der Waals surface area contributed by atoms with Crippen LogP contribution in [0.4, 0.5) is 0 Å². The third kappa shape index (κ3) is 3.20. The topological polar surface area (TPSA) is 25.8 Å². The zero-order valence-corrected chi connectivity index (χ0v) is 15.6. The Labute approximate surface area is 154 Å². The van der Waals surface area contributed by atoms with Gasteiger partial charge < -0.3 is 0 Å². The van der Waals surface area contributed by atoms with Crippen LogP contribution in [0, 0.1) is 0 Å². The summed E-state index contributed by atoms with van der Waals surface area (Å²) in [6.07, 6.45) is 4.95.